The van der Waals surface area contributed by atoms with Crippen molar-refractivity contribution in [3.8, 4) is 0 Å². The Labute approximate surface area is 92.3 Å². The van der Waals surface area contributed by atoms with E-state index in [0.29, 0.717) is 6.54 Å². The summed E-state index contributed by atoms with van der Waals surface area (Å²) in [5.41, 5.74) is 0.940. The van der Waals surface area contributed by atoms with Crippen molar-refractivity contribution < 1.29 is 4.79 Å². The second kappa shape index (κ2) is 5.31. The number of hydrogen-bond acceptors (Lipinski definition) is 2. The first-order chi connectivity index (χ1) is 7.10. The lowest BCUT2D eigenvalue weighted by Gasteiger charge is -2.26. The van der Waals surface area contributed by atoms with Gasteiger partial charge >= 0.3 is 0 Å². The van der Waals surface area contributed by atoms with Crippen LogP contribution in [-0.4, -0.2) is 24.5 Å². The summed E-state index contributed by atoms with van der Waals surface area (Å²) in [5.74, 6) is 0.153. The Bertz CT molecular complexity index is 248. The molecule has 1 saturated heterocycles. The normalized spacial score (nSPS) is 25.0. The number of rotatable bonds is 4. The van der Waals surface area contributed by atoms with Gasteiger partial charge in [0.15, 0.2) is 0 Å². The van der Waals surface area contributed by atoms with Gasteiger partial charge < -0.3 is 10.6 Å². The maximum Gasteiger partial charge on any atom is 0.240 e. The molecule has 3 nitrogen and oxygen atoms in total. The lowest BCUT2D eigenvalue weighted by atomic mass is 9.93. The molecule has 1 aliphatic rings. The number of carbonyl (C=O) groups excluding carboxylic acids is 1. The van der Waals surface area contributed by atoms with Crippen LogP contribution in [0.5, 0.6) is 0 Å². The summed E-state index contributed by atoms with van der Waals surface area (Å²) in [6, 6.07) is 0. The molecule has 0 spiro atoms. The maximum absolute atomic E-state index is 12.0. The second-order valence-corrected chi connectivity index (χ2v) is 4.46. The standard InChI is InChI=1S/C12H22N2O/c1-4-12(7-5-8-14-12)11(15)13-9-6-10(2)3/h6,14H,4-5,7-9H2,1-3H3,(H,13,15). The predicted octanol–water partition coefficient (Wildman–Crippen LogP) is 1.60. The minimum atomic E-state index is -0.296. The molecule has 0 aromatic rings. The Morgan fingerprint density at radius 3 is 2.73 bits per heavy atom. The van der Waals surface area contributed by atoms with Gasteiger partial charge in [0.25, 0.3) is 0 Å². The largest absolute Gasteiger partial charge is 0.351 e. The van der Waals surface area contributed by atoms with E-state index in [2.05, 4.69) is 17.6 Å². The van der Waals surface area contributed by atoms with Crippen molar-refractivity contribution in [2.75, 3.05) is 13.1 Å². The number of amides is 1. The fourth-order valence-electron chi connectivity index (χ4n) is 1.98. The van der Waals surface area contributed by atoms with Crippen LogP contribution in [0.1, 0.15) is 40.0 Å². The number of nitrogens with one attached hydrogen (secondary N) is 2. The van der Waals surface area contributed by atoms with Crippen LogP contribution in [-0.2, 0) is 4.79 Å². The summed E-state index contributed by atoms with van der Waals surface area (Å²) in [7, 11) is 0. The van der Waals surface area contributed by atoms with Gasteiger partial charge in [-0.3, -0.25) is 4.79 Å². The van der Waals surface area contributed by atoms with E-state index in [9.17, 15) is 4.79 Å². The molecule has 3 heteroatoms. The SMILES string of the molecule is CCC1(C(=O)NCC=C(C)C)CCCN1. The molecular formula is C12H22N2O. The predicted molar refractivity (Wildman–Crippen MR) is 62.7 cm³/mol. The van der Waals surface area contributed by atoms with Crippen molar-refractivity contribution in [1.29, 1.82) is 0 Å². The molecule has 15 heavy (non-hydrogen) atoms. The van der Waals surface area contributed by atoms with Crippen LogP contribution in [0.3, 0.4) is 0 Å². The fraction of sp³-hybridized carbons (Fsp3) is 0.750. The van der Waals surface area contributed by atoms with Crippen molar-refractivity contribution in [2.45, 2.75) is 45.6 Å². The van der Waals surface area contributed by atoms with Gasteiger partial charge in [-0.1, -0.05) is 18.6 Å². The Morgan fingerprint density at radius 2 is 2.27 bits per heavy atom. The lowest BCUT2D eigenvalue weighted by Crippen LogP contribution is -2.53. The highest BCUT2D eigenvalue weighted by atomic mass is 16.2. The lowest BCUT2D eigenvalue weighted by molar-refractivity contribution is -0.127. The Morgan fingerprint density at radius 1 is 1.53 bits per heavy atom. The zero-order valence-electron chi connectivity index (χ0n) is 10.0. The summed E-state index contributed by atoms with van der Waals surface area (Å²) in [5, 5.41) is 6.29. The minimum Gasteiger partial charge on any atom is -0.351 e. The molecule has 1 unspecified atom stereocenters. The third-order valence-corrected chi connectivity index (χ3v) is 3.05. The van der Waals surface area contributed by atoms with E-state index < -0.39 is 0 Å². The highest BCUT2D eigenvalue weighted by Gasteiger charge is 2.38. The van der Waals surface area contributed by atoms with E-state index in [0.717, 1.165) is 25.8 Å². The molecular weight excluding hydrogens is 188 g/mol. The third kappa shape index (κ3) is 3.06. The van der Waals surface area contributed by atoms with Crippen LogP contribution >= 0.6 is 0 Å². The fourth-order valence-corrected chi connectivity index (χ4v) is 1.98. The van der Waals surface area contributed by atoms with Crippen molar-refractivity contribution in [2.24, 2.45) is 0 Å². The topological polar surface area (TPSA) is 41.1 Å². The Balaban J connectivity index is 2.47. The van der Waals surface area contributed by atoms with Crippen LogP contribution < -0.4 is 10.6 Å². The van der Waals surface area contributed by atoms with Crippen molar-refractivity contribution in [3.05, 3.63) is 11.6 Å². The Hall–Kier alpha value is -0.830. The van der Waals surface area contributed by atoms with E-state index in [1.54, 1.807) is 0 Å². The first-order valence-electron chi connectivity index (χ1n) is 5.77. The summed E-state index contributed by atoms with van der Waals surface area (Å²) < 4.78 is 0. The van der Waals surface area contributed by atoms with Gasteiger partial charge in [0.2, 0.25) is 5.91 Å². The number of carbonyl (C=O) groups is 1. The molecule has 0 aliphatic carbocycles. The second-order valence-electron chi connectivity index (χ2n) is 4.46. The van der Waals surface area contributed by atoms with Gasteiger partial charge in [-0.25, -0.2) is 0 Å². The van der Waals surface area contributed by atoms with Crippen LogP contribution in [0, 0.1) is 0 Å². The minimum absolute atomic E-state index is 0.153. The van der Waals surface area contributed by atoms with E-state index in [1.165, 1.54) is 5.57 Å². The van der Waals surface area contributed by atoms with E-state index in [-0.39, 0.29) is 11.4 Å². The maximum atomic E-state index is 12.0. The molecule has 1 amide bonds. The number of allylic oxidation sites excluding steroid dienone is 1. The first-order valence-corrected chi connectivity index (χ1v) is 5.77. The zero-order chi connectivity index (χ0) is 11.3. The third-order valence-electron chi connectivity index (χ3n) is 3.05. The molecule has 1 aliphatic heterocycles. The van der Waals surface area contributed by atoms with Gasteiger partial charge in [0.1, 0.15) is 0 Å². The average molecular weight is 210 g/mol. The summed E-state index contributed by atoms with van der Waals surface area (Å²) in [6.07, 6.45) is 4.97. The molecule has 1 fully saturated rings. The Kier molecular flexibility index (Phi) is 4.33. The zero-order valence-corrected chi connectivity index (χ0v) is 10.0. The summed E-state index contributed by atoms with van der Waals surface area (Å²) in [6.45, 7) is 7.75. The smallest absolute Gasteiger partial charge is 0.240 e. The van der Waals surface area contributed by atoms with Crippen molar-refractivity contribution in [1.82, 2.24) is 10.6 Å². The van der Waals surface area contributed by atoms with Crippen LogP contribution in [0.25, 0.3) is 0 Å². The highest BCUT2D eigenvalue weighted by molar-refractivity contribution is 5.86. The molecule has 1 rings (SSSR count). The van der Waals surface area contributed by atoms with Crippen LogP contribution in [0.4, 0.5) is 0 Å². The molecule has 0 saturated carbocycles. The first kappa shape index (κ1) is 12.2. The van der Waals surface area contributed by atoms with Crippen LogP contribution in [0.15, 0.2) is 11.6 Å². The van der Waals surface area contributed by atoms with Crippen LogP contribution in [0.2, 0.25) is 0 Å². The van der Waals surface area contributed by atoms with Gasteiger partial charge in [0, 0.05) is 6.54 Å². The molecule has 1 heterocycles. The van der Waals surface area contributed by atoms with Gasteiger partial charge in [-0.2, -0.15) is 0 Å². The van der Waals surface area contributed by atoms with E-state index in [1.807, 2.05) is 19.9 Å². The molecule has 1 atom stereocenters. The monoisotopic (exact) mass is 210 g/mol. The summed E-state index contributed by atoms with van der Waals surface area (Å²) in [4.78, 5) is 12.0. The summed E-state index contributed by atoms with van der Waals surface area (Å²) >= 11 is 0. The van der Waals surface area contributed by atoms with Gasteiger partial charge in [-0.05, 0) is 39.7 Å². The molecule has 0 bridgehead atoms. The quantitative estimate of drug-likeness (QED) is 0.692. The highest BCUT2D eigenvalue weighted by Crippen LogP contribution is 2.22. The molecule has 0 radical (unpaired) electrons. The van der Waals surface area contributed by atoms with Crippen molar-refractivity contribution >= 4 is 5.91 Å². The van der Waals surface area contributed by atoms with Gasteiger partial charge in [0.05, 0.1) is 5.54 Å². The van der Waals surface area contributed by atoms with E-state index >= 15 is 0 Å². The van der Waals surface area contributed by atoms with E-state index in [4.69, 9.17) is 0 Å². The van der Waals surface area contributed by atoms with Gasteiger partial charge in [-0.15, -0.1) is 0 Å². The molecule has 86 valence electrons. The molecule has 0 aromatic carbocycles. The molecule has 0 aromatic heterocycles. The average Bonchev–Trinajstić information content (AvgIpc) is 2.66. The van der Waals surface area contributed by atoms with Crippen molar-refractivity contribution in [3.63, 3.8) is 0 Å². The number of hydrogen-bond donors (Lipinski definition) is 2. The molecule has 2 N–H and O–H groups in total.